The summed E-state index contributed by atoms with van der Waals surface area (Å²) in [5.41, 5.74) is 3.90. The summed E-state index contributed by atoms with van der Waals surface area (Å²) in [6.45, 7) is 2.04. The normalized spacial score (nSPS) is 11.3. The second-order valence-electron chi connectivity index (χ2n) is 7.37. The number of hydrogen-bond acceptors (Lipinski definition) is 5. The molecule has 4 rings (SSSR count). The van der Waals surface area contributed by atoms with Gasteiger partial charge in [0, 0.05) is 17.3 Å². The highest BCUT2D eigenvalue weighted by Gasteiger charge is 2.13. The molecule has 0 amide bonds. The standard InChI is InChI=1S/C26H20N4O3/c1-2-3-22(14-25(31)32)20-9-11-23(12-10-20)33-17-19-6-13-24-28-26(29-30(24)16-19)21-7-4-18(15-27)5-8-21/h4-13,16,22H,14,17H2,1H3,(H,31,32)/t22-/m0/s1. The van der Waals surface area contributed by atoms with Crippen molar-refractivity contribution < 1.29 is 14.6 Å². The van der Waals surface area contributed by atoms with Gasteiger partial charge < -0.3 is 9.84 Å². The van der Waals surface area contributed by atoms with Gasteiger partial charge in [-0.25, -0.2) is 9.50 Å². The first-order chi connectivity index (χ1) is 16.1. The van der Waals surface area contributed by atoms with Gasteiger partial charge in [-0.1, -0.05) is 24.1 Å². The minimum absolute atomic E-state index is 0.0383. The molecular weight excluding hydrogens is 416 g/mol. The second-order valence-corrected chi connectivity index (χ2v) is 7.37. The van der Waals surface area contributed by atoms with Crippen LogP contribution in [-0.4, -0.2) is 25.7 Å². The van der Waals surface area contributed by atoms with Gasteiger partial charge in [0.2, 0.25) is 0 Å². The van der Waals surface area contributed by atoms with Crippen LogP contribution < -0.4 is 4.74 Å². The third kappa shape index (κ3) is 5.17. The molecule has 1 atom stereocenters. The lowest BCUT2D eigenvalue weighted by Gasteiger charge is -2.11. The van der Waals surface area contributed by atoms with E-state index < -0.39 is 5.97 Å². The van der Waals surface area contributed by atoms with Gasteiger partial charge in [-0.2, -0.15) is 5.26 Å². The summed E-state index contributed by atoms with van der Waals surface area (Å²) >= 11 is 0. The van der Waals surface area contributed by atoms with Crippen molar-refractivity contribution in [1.29, 1.82) is 5.26 Å². The molecule has 0 aliphatic rings. The van der Waals surface area contributed by atoms with Crippen LogP contribution in [0.15, 0.2) is 66.9 Å². The fourth-order valence-corrected chi connectivity index (χ4v) is 3.39. The molecule has 0 spiro atoms. The van der Waals surface area contributed by atoms with Gasteiger partial charge in [0.15, 0.2) is 11.5 Å². The molecule has 7 nitrogen and oxygen atoms in total. The Labute approximate surface area is 190 Å². The van der Waals surface area contributed by atoms with Crippen LogP contribution in [0.5, 0.6) is 5.75 Å². The number of ether oxygens (including phenoxy) is 1. The molecule has 7 heteroatoms. The van der Waals surface area contributed by atoms with Crippen LogP contribution in [0.25, 0.3) is 17.0 Å². The van der Waals surface area contributed by atoms with E-state index in [-0.39, 0.29) is 12.3 Å². The molecule has 4 aromatic rings. The molecule has 1 N–H and O–H groups in total. The molecule has 33 heavy (non-hydrogen) atoms. The highest BCUT2D eigenvalue weighted by Crippen LogP contribution is 2.23. The number of carboxylic acids is 1. The van der Waals surface area contributed by atoms with E-state index >= 15 is 0 Å². The van der Waals surface area contributed by atoms with Gasteiger partial charge >= 0.3 is 5.97 Å². The highest BCUT2D eigenvalue weighted by atomic mass is 16.5. The quantitative estimate of drug-likeness (QED) is 0.430. The van der Waals surface area contributed by atoms with Gasteiger partial charge in [0.05, 0.1) is 24.0 Å². The van der Waals surface area contributed by atoms with E-state index in [1.54, 1.807) is 23.6 Å². The molecular formula is C26H20N4O3. The van der Waals surface area contributed by atoms with Crippen LogP contribution in [0.1, 0.15) is 36.0 Å². The summed E-state index contributed by atoms with van der Waals surface area (Å²) in [4.78, 5) is 15.6. The molecule has 0 radical (unpaired) electrons. The van der Waals surface area contributed by atoms with E-state index in [1.165, 1.54) is 0 Å². The molecule has 2 aromatic heterocycles. The Kier molecular flexibility index (Phi) is 6.33. The van der Waals surface area contributed by atoms with E-state index in [2.05, 4.69) is 28.0 Å². The van der Waals surface area contributed by atoms with E-state index in [0.29, 0.717) is 29.4 Å². The number of nitriles is 1. The van der Waals surface area contributed by atoms with Gasteiger partial charge in [0.1, 0.15) is 12.4 Å². The molecule has 0 saturated carbocycles. The molecule has 2 aromatic carbocycles. The van der Waals surface area contributed by atoms with Gasteiger partial charge in [-0.15, -0.1) is 11.0 Å². The molecule has 0 bridgehead atoms. The summed E-state index contributed by atoms with van der Waals surface area (Å²) in [7, 11) is 0. The van der Waals surface area contributed by atoms with Gasteiger partial charge in [-0.3, -0.25) is 4.79 Å². The Morgan fingerprint density at radius 2 is 1.88 bits per heavy atom. The Morgan fingerprint density at radius 3 is 2.55 bits per heavy atom. The topological polar surface area (TPSA) is 101 Å². The largest absolute Gasteiger partial charge is 0.489 e. The minimum Gasteiger partial charge on any atom is -0.489 e. The predicted octanol–water partition coefficient (Wildman–Crippen LogP) is 4.43. The molecule has 0 saturated heterocycles. The lowest BCUT2D eigenvalue weighted by Crippen LogP contribution is -2.04. The van der Waals surface area contributed by atoms with E-state index in [4.69, 9.17) is 15.1 Å². The molecule has 0 fully saturated rings. The number of carbonyl (C=O) groups is 1. The minimum atomic E-state index is -0.881. The number of aromatic nitrogens is 3. The zero-order valence-electron chi connectivity index (χ0n) is 17.9. The maximum Gasteiger partial charge on any atom is 0.304 e. The summed E-state index contributed by atoms with van der Waals surface area (Å²) < 4.78 is 7.59. The highest BCUT2D eigenvalue weighted by molar-refractivity contribution is 5.69. The Hall–Kier alpha value is -4.62. The number of fused-ring (bicyclic) bond motifs is 1. The van der Waals surface area contributed by atoms with Crippen LogP contribution in [0.3, 0.4) is 0 Å². The van der Waals surface area contributed by atoms with Crippen LogP contribution in [-0.2, 0) is 11.4 Å². The number of hydrogen-bond donors (Lipinski definition) is 1. The fourth-order valence-electron chi connectivity index (χ4n) is 3.39. The Balaban J connectivity index is 1.45. The summed E-state index contributed by atoms with van der Waals surface area (Å²) in [6, 6.07) is 20.4. The average molecular weight is 436 g/mol. The van der Waals surface area contributed by atoms with Crippen molar-refractivity contribution in [3.05, 3.63) is 83.6 Å². The van der Waals surface area contributed by atoms with Gasteiger partial charge in [0.25, 0.3) is 0 Å². The lowest BCUT2D eigenvalue weighted by molar-refractivity contribution is -0.137. The van der Waals surface area contributed by atoms with Crippen LogP contribution in [0.2, 0.25) is 0 Å². The Bertz CT molecular complexity index is 1390. The number of pyridine rings is 1. The molecule has 0 aliphatic heterocycles. The van der Waals surface area contributed by atoms with Crippen LogP contribution in [0.4, 0.5) is 0 Å². The summed E-state index contributed by atoms with van der Waals surface area (Å²) in [6.07, 6.45) is 1.83. The number of carboxylic acid groups (broad SMARTS) is 1. The van der Waals surface area contributed by atoms with Crippen molar-refractivity contribution >= 4 is 11.6 Å². The first kappa shape index (κ1) is 21.6. The lowest BCUT2D eigenvalue weighted by atomic mass is 9.96. The molecule has 0 unspecified atom stereocenters. The fraction of sp³-hybridized carbons (Fsp3) is 0.154. The maximum absolute atomic E-state index is 11.1. The zero-order valence-corrected chi connectivity index (χ0v) is 17.9. The molecule has 2 heterocycles. The number of benzene rings is 2. The van der Waals surface area contributed by atoms with Crippen molar-refractivity contribution in [3.8, 4) is 35.0 Å². The number of nitrogens with zero attached hydrogens (tertiary/aromatic N) is 4. The summed E-state index contributed by atoms with van der Waals surface area (Å²) in [5.74, 6) is 5.77. The monoisotopic (exact) mass is 436 g/mol. The smallest absolute Gasteiger partial charge is 0.304 e. The van der Waals surface area contributed by atoms with Crippen molar-refractivity contribution in [2.45, 2.75) is 25.9 Å². The zero-order chi connectivity index (χ0) is 23.2. The first-order valence-electron chi connectivity index (χ1n) is 10.3. The molecule has 162 valence electrons. The van der Waals surface area contributed by atoms with Gasteiger partial charge in [-0.05, 0) is 55.0 Å². The van der Waals surface area contributed by atoms with E-state index in [9.17, 15) is 4.79 Å². The maximum atomic E-state index is 11.1. The van der Waals surface area contributed by atoms with Crippen LogP contribution >= 0.6 is 0 Å². The SMILES string of the molecule is CC#C[C@@H](CC(=O)O)c1ccc(OCc2ccc3nc(-c4ccc(C#N)cc4)nn3c2)cc1. The third-order valence-corrected chi connectivity index (χ3v) is 5.05. The second kappa shape index (κ2) is 9.67. The first-order valence-corrected chi connectivity index (χ1v) is 10.3. The Morgan fingerprint density at radius 1 is 1.12 bits per heavy atom. The van der Waals surface area contributed by atoms with E-state index in [0.717, 1.165) is 16.7 Å². The third-order valence-electron chi connectivity index (χ3n) is 5.05. The number of rotatable bonds is 7. The molecule has 0 aliphatic carbocycles. The average Bonchev–Trinajstić information content (AvgIpc) is 3.26. The van der Waals surface area contributed by atoms with Crippen molar-refractivity contribution in [2.24, 2.45) is 0 Å². The van der Waals surface area contributed by atoms with Crippen molar-refractivity contribution in [3.63, 3.8) is 0 Å². The summed E-state index contributed by atoms with van der Waals surface area (Å²) in [5, 5.41) is 22.6. The van der Waals surface area contributed by atoms with Crippen LogP contribution in [0, 0.1) is 23.2 Å². The van der Waals surface area contributed by atoms with Crippen molar-refractivity contribution in [2.75, 3.05) is 0 Å². The van der Waals surface area contributed by atoms with E-state index in [1.807, 2.05) is 54.7 Å². The predicted molar refractivity (Wildman–Crippen MR) is 122 cm³/mol. The van der Waals surface area contributed by atoms with Crippen molar-refractivity contribution in [1.82, 2.24) is 14.6 Å². The number of aliphatic carboxylic acids is 1.